The molecule has 0 saturated heterocycles. The molecule has 0 aliphatic carbocycles. The molecule has 0 aliphatic heterocycles. The van der Waals surface area contributed by atoms with E-state index in [0.29, 0.717) is 5.69 Å². The van der Waals surface area contributed by atoms with Crippen LogP contribution >= 0.6 is 0 Å². The van der Waals surface area contributed by atoms with E-state index in [1.807, 2.05) is 53.7 Å². The molecule has 2 aromatic rings. The van der Waals surface area contributed by atoms with Crippen molar-refractivity contribution in [3.8, 4) is 5.75 Å². The molecule has 0 fully saturated rings. The van der Waals surface area contributed by atoms with Gasteiger partial charge >= 0.3 is 0 Å². The van der Waals surface area contributed by atoms with Gasteiger partial charge in [-0.05, 0) is 61.1 Å². The number of pyridine rings is 1. The van der Waals surface area contributed by atoms with Crippen LogP contribution in [-0.4, -0.2) is 27.3 Å². The third-order valence-electron chi connectivity index (χ3n) is 4.22. The first-order chi connectivity index (χ1) is 12.8. The SMILES string of the molecule is CC(C)(C)NC(=O)c1cc(CC(=O)Cc2ccc(C(C)(C)C)c(O)c2)ccn1. The van der Waals surface area contributed by atoms with Gasteiger partial charge in [-0.2, -0.15) is 0 Å². The normalized spacial score (nSPS) is 11.9. The van der Waals surface area contributed by atoms with E-state index in [4.69, 9.17) is 0 Å². The number of phenols is 1. The third kappa shape index (κ3) is 6.19. The van der Waals surface area contributed by atoms with Gasteiger partial charge in [0.25, 0.3) is 5.91 Å². The number of ketones is 1. The number of carbonyl (C=O) groups is 2. The first-order valence-electron chi connectivity index (χ1n) is 9.47. The molecule has 0 saturated carbocycles. The lowest BCUT2D eigenvalue weighted by Gasteiger charge is -2.20. The Morgan fingerprint density at radius 2 is 1.57 bits per heavy atom. The Labute approximate surface area is 167 Å². The van der Waals surface area contributed by atoms with Crippen molar-refractivity contribution in [1.82, 2.24) is 10.3 Å². The molecule has 1 amide bonds. The summed E-state index contributed by atoms with van der Waals surface area (Å²) in [5, 5.41) is 13.1. The van der Waals surface area contributed by atoms with Gasteiger partial charge in [0.1, 0.15) is 17.2 Å². The lowest BCUT2D eigenvalue weighted by atomic mass is 9.85. The lowest BCUT2D eigenvalue weighted by Crippen LogP contribution is -2.40. The molecule has 28 heavy (non-hydrogen) atoms. The van der Waals surface area contributed by atoms with E-state index in [1.54, 1.807) is 24.4 Å². The average molecular weight is 383 g/mol. The van der Waals surface area contributed by atoms with Crippen LogP contribution in [-0.2, 0) is 23.1 Å². The number of phenolic OH excluding ortho intramolecular Hbond substituents is 1. The predicted molar refractivity (Wildman–Crippen MR) is 111 cm³/mol. The zero-order chi connectivity index (χ0) is 21.1. The fourth-order valence-corrected chi connectivity index (χ4v) is 2.95. The maximum absolute atomic E-state index is 12.5. The van der Waals surface area contributed by atoms with E-state index in [1.165, 1.54) is 0 Å². The van der Waals surface area contributed by atoms with Crippen molar-refractivity contribution in [2.24, 2.45) is 0 Å². The predicted octanol–water partition coefficient (Wildman–Crippen LogP) is 3.97. The largest absolute Gasteiger partial charge is 0.508 e. The quantitative estimate of drug-likeness (QED) is 0.820. The minimum atomic E-state index is -0.355. The Bertz CT molecular complexity index is 874. The van der Waals surface area contributed by atoms with Crippen molar-refractivity contribution in [3.05, 3.63) is 58.9 Å². The first kappa shape index (κ1) is 21.6. The summed E-state index contributed by atoms with van der Waals surface area (Å²) < 4.78 is 0. The van der Waals surface area contributed by atoms with E-state index in [0.717, 1.165) is 16.7 Å². The molecule has 0 radical (unpaired) electrons. The summed E-state index contributed by atoms with van der Waals surface area (Å²) in [4.78, 5) is 28.8. The smallest absolute Gasteiger partial charge is 0.270 e. The molecule has 1 aromatic heterocycles. The highest BCUT2D eigenvalue weighted by Crippen LogP contribution is 2.31. The fraction of sp³-hybridized carbons (Fsp3) is 0.435. The number of benzene rings is 1. The van der Waals surface area contributed by atoms with E-state index in [2.05, 4.69) is 10.3 Å². The van der Waals surface area contributed by atoms with Gasteiger partial charge in [-0.3, -0.25) is 14.6 Å². The zero-order valence-electron chi connectivity index (χ0n) is 17.6. The van der Waals surface area contributed by atoms with Gasteiger partial charge in [0.15, 0.2) is 0 Å². The molecular weight excluding hydrogens is 352 g/mol. The van der Waals surface area contributed by atoms with E-state index < -0.39 is 0 Å². The number of hydrogen-bond acceptors (Lipinski definition) is 4. The number of amides is 1. The second-order valence-electron chi connectivity index (χ2n) is 9.25. The average Bonchev–Trinajstić information content (AvgIpc) is 2.52. The molecule has 0 atom stereocenters. The van der Waals surface area contributed by atoms with Crippen LogP contribution in [0, 0.1) is 0 Å². The van der Waals surface area contributed by atoms with Crippen LogP contribution in [0.2, 0.25) is 0 Å². The summed E-state index contributed by atoms with van der Waals surface area (Å²) in [5.74, 6) is -0.0383. The van der Waals surface area contributed by atoms with Crippen LogP contribution in [0.4, 0.5) is 0 Å². The van der Waals surface area contributed by atoms with Crippen molar-refractivity contribution >= 4 is 11.7 Å². The highest BCUT2D eigenvalue weighted by atomic mass is 16.3. The Morgan fingerprint density at radius 3 is 2.11 bits per heavy atom. The maximum atomic E-state index is 12.5. The molecule has 5 heteroatoms. The number of hydrogen-bond donors (Lipinski definition) is 2. The standard InChI is InChI=1S/C23H30N2O3/c1-22(2,3)18-8-7-15(14-20(18)27)11-17(26)12-16-9-10-24-19(13-16)21(28)25-23(4,5)6/h7-10,13-14,27H,11-12H2,1-6H3,(H,25,28). The number of nitrogens with zero attached hydrogens (tertiary/aromatic N) is 1. The number of rotatable bonds is 5. The van der Waals surface area contributed by atoms with Crippen LogP contribution in [0.3, 0.4) is 0 Å². The summed E-state index contributed by atoms with van der Waals surface area (Å²) in [6.07, 6.45) is 1.98. The van der Waals surface area contributed by atoms with Crippen LogP contribution in [0.15, 0.2) is 36.5 Å². The van der Waals surface area contributed by atoms with Gasteiger partial charge in [0.05, 0.1) is 0 Å². The number of nitrogens with one attached hydrogen (secondary N) is 1. The molecule has 0 spiro atoms. The van der Waals surface area contributed by atoms with Crippen molar-refractivity contribution < 1.29 is 14.7 Å². The number of carbonyl (C=O) groups excluding carboxylic acids is 2. The monoisotopic (exact) mass is 382 g/mol. The van der Waals surface area contributed by atoms with Gasteiger partial charge in [-0.1, -0.05) is 32.9 Å². The van der Waals surface area contributed by atoms with Crippen LogP contribution in [0.5, 0.6) is 5.75 Å². The first-order valence-corrected chi connectivity index (χ1v) is 9.47. The highest BCUT2D eigenvalue weighted by Gasteiger charge is 2.19. The van der Waals surface area contributed by atoms with Gasteiger partial charge < -0.3 is 10.4 Å². The van der Waals surface area contributed by atoms with Crippen LogP contribution < -0.4 is 5.32 Å². The van der Waals surface area contributed by atoms with E-state index in [9.17, 15) is 14.7 Å². The lowest BCUT2D eigenvalue weighted by molar-refractivity contribution is -0.117. The highest BCUT2D eigenvalue weighted by molar-refractivity contribution is 5.93. The summed E-state index contributed by atoms with van der Waals surface area (Å²) >= 11 is 0. The Kier molecular flexibility index (Phi) is 6.27. The van der Waals surface area contributed by atoms with E-state index >= 15 is 0 Å². The zero-order valence-corrected chi connectivity index (χ0v) is 17.6. The maximum Gasteiger partial charge on any atom is 0.270 e. The topological polar surface area (TPSA) is 79.3 Å². The fourth-order valence-electron chi connectivity index (χ4n) is 2.95. The molecule has 1 aromatic carbocycles. The molecule has 0 aliphatic rings. The minimum absolute atomic E-state index is 0.0105. The van der Waals surface area contributed by atoms with Gasteiger partial charge in [-0.15, -0.1) is 0 Å². The summed E-state index contributed by atoms with van der Waals surface area (Å²) in [6.45, 7) is 11.8. The Hall–Kier alpha value is -2.69. The molecule has 150 valence electrons. The van der Waals surface area contributed by atoms with Gasteiger partial charge in [0.2, 0.25) is 0 Å². The second kappa shape index (κ2) is 8.13. The van der Waals surface area contributed by atoms with Crippen LogP contribution in [0.1, 0.15) is 68.7 Å². The summed E-state index contributed by atoms with van der Waals surface area (Å²) in [7, 11) is 0. The van der Waals surface area contributed by atoms with Gasteiger partial charge in [0, 0.05) is 24.6 Å². The molecular formula is C23H30N2O3. The molecule has 5 nitrogen and oxygen atoms in total. The summed E-state index contributed by atoms with van der Waals surface area (Å²) in [6, 6.07) is 8.81. The molecule has 2 rings (SSSR count). The molecule has 0 unspecified atom stereocenters. The Morgan fingerprint density at radius 1 is 0.964 bits per heavy atom. The third-order valence-corrected chi connectivity index (χ3v) is 4.22. The van der Waals surface area contributed by atoms with Crippen molar-refractivity contribution in [2.75, 3.05) is 0 Å². The van der Waals surface area contributed by atoms with Crippen molar-refractivity contribution in [2.45, 2.75) is 65.3 Å². The van der Waals surface area contributed by atoms with Crippen molar-refractivity contribution in [3.63, 3.8) is 0 Å². The number of aromatic hydroxyl groups is 1. The molecule has 0 bridgehead atoms. The molecule has 1 heterocycles. The number of aromatic nitrogens is 1. The van der Waals surface area contributed by atoms with Crippen LogP contribution in [0.25, 0.3) is 0 Å². The Balaban J connectivity index is 2.07. The number of Topliss-reactive ketones (excluding diaryl/α,β-unsaturated/α-hetero) is 1. The molecule has 2 N–H and O–H groups in total. The van der Waals surface area contributed by atoms with Gasteiger partial charge in [-0.25, -0.2) is 0 Å². The minimum Gasteiger partial charge on any atom is -0.508 e. The van der Waals surface area contributed by atoms with E-state index in [-0.39, 0.29) is 41.2 Å². The summed E-state index contributed by atoms with van der Waals surface area (Å²) in [5.41, 5.74) is 2.16. The second-order valence-corrected chi connectivity index (χ2v) is 9.25. The van der Waals surface area contributed by atoms with Crippen molar-refractivity contribution in [1.29, 1.82) is 0 Å².